The summed E-state index contributed by atoms with van der Waals surface area (Å²) in [7, 11) is -3.50. The summed E-state index contributed by atoms with van der Waals surface area (Å²) < 4.78 is 26.2. The molecule has 7 nitrogen and oxygen atoms in total. The Balaban J connectivity index is 1.89. The van der Waals surface area contributed by atoms with Crippen LogP contribution in [-0.4, -0.2) is 49.4 Å². The number of aromatic nitrogens is 2. The molecule has 0 spiro atoms. The first-order chi connectivity index (χ1) is 10.1. The predicted octanol–water partition coefficient (Wildman–Crippen LogP) is 0.562. The Bertz CT molecular complexity index is 522. The van der Waals surface area contributed by atoms with Gasteiger partial charge in [-0.1, -0.05) is 13.3 Å². The van der Waals surface area contributed by atoms with Crippen molar-refractivity contribution in [2.75, 3.05) is 26.2 Å². The van der Waals surface area contributed by atoms with Crippen molar-refractivity contribution < 1.29 is 8.42 Å². The molecule has 2 rings (SSSR count). The summed E-state index contributed by atoms with van der Waals surface area (Å²) in [6, 6.07) is 0. The van der Waals surface area contributed by atoms with Crippen LogP contribution in [0.25, 0.3) is 0 Å². The number of aryl methyl sites for hydroxylation is 1. The monoisotopic (exact) mass is 315 g/mol. The molecule has 0 radical (unpaired) electrons. The largest absolute Gasteiger partial charge is 0.317 e. The zero-order valence-corrected chi connectivity index (χ0v) is 13.4. The molecule has 2 heterocycles. The van der Waals surface area contributed by atoms with Gasteiger partial charge < -0.3 is 5.32 Å². The van der Waals surface area contributed by atoms with Crippen molar-refractivity contribution in [1.82, 2.24) is 24.9 Å². The van der Waals surface area contributed by atoms with Crippen molar-refractivity contribution >= 4 is 10.0 Å². The van der Waals surface area contributed by atoms with Gasteiger partial charge in [-0.2, -0.15) is 5.10 Å². The van der Waals surface area contributed by atoms with Crippen LogP contribution in [0, 0.1) is 0 Å². The predicted molar refractivity (Wildman–Crippen MR) is 81.1 cm³/mol. The number of sulfonamides is 1. The first-order valence-corrected chi connectivity index (χ1v) is 9.10. The summed E-state index contributed by atoms with van der Waals surface area (Å²) >= 11 is 0. The number of nitrogens with zero attached hydrogens (tertiary/aromatic N) is 3. The van der Waals surface area contributed by atoms with E-state index < -0.39 is 10.0 Å². The van der Waals surface area contributed by atoms with Gasteiger partial charge in [-0.05, 0) is 32.4 Å². The van der Waals surface area contributed by atoms with Gasteiger partial charge in [-0.3, -0.25) is 4.68 Å². The number of hydrogen-bond donors (Lipinski definition) is 2. The first kappa shape index (κ1) is 16.4. The molecule has 0 saturated carbocycles. The minimum atomic E-state index is -3.50. The van der Waals surface area contributed by atoms with Gasteiger partial charge in [0.2, 0.25) is 0 Å². The van der Waals surface area contributed by atoms with Gasteiger partial charge in [-0.25, -0.2) is 13.4 Å². The third-order valence-electron chi connectivity index (χ3n) is 3.52. The van der Waals surface area contributed by atoms with Gasteiger partial charge in [0.25, 0.3) is 10.0 Å². The van der Waals surface area contributed by atoms with Crippen LogP contribution >= 0.6 is 0 Å². The Morgan fingerprint density at radius 3 is 2.76 bits per heavy atom. The second kappa shape index (κ2) is 7.88. The highest BCUT2D eigenvalue weighted by Crippen LogP contribution is 2.11. The van der Waals surface area contributed by atoms with Crippen molar-refractivity contribution in [3.05, 3.63) is 12.4 Å². The molecule has 0 amide bonds. The lowest BCUT2D eigenvalue weighted by molar-refractivity contribution is 0.200. The van der Waals surface area contributed by atoms with Crippen LogP contribution in [0.4, 0.5) is 0 Å². The molecule has 1 fully saturated rings. The molecule has 0 atom stereocenters. The SMILES string of the molecule is CCNCCCn1cc(S(=O)(=O)NN2CCCCC2)cn1. The molecule has 0 bridgehead atoms. The van der Waals surface area contributed by atoms with Gasteiger partial charge in [0.05, 0.1) is 6.20 Å². The molecule has 1 aliphatic heterocycles. The third-order valence-corrected chi connectivity index (χ3v) is 4.85. The number of hydrogen-bond acceptors (Lipinski definition) is 5. The molecular weight excluding hydrogens is 290 g/mol. The summed E-state index contributed by atoms with van der Waals surface area (Å²) in [5.41, 5.74) is 0. The first-order valence-electron chi connectivity index (χ1n) is 7.62. The smallest absolute Gasteiger partial charge is 0.256 e. The quantitative estimate of drug-likeness (QED) is 0.685. The molecule has 8 heteroatoms. The number of rotatable bonds is 8. The van der Waals surface area contributed by atoms with E-state index in [4.69, 9.17) is 0 Å². The Morgan fingerprint density at radius 2 is 2.05 bits per heavy atom. The van der Waals surface area contributed by atoms with Crippen LogP contribution in [0.15, 0.2) is 17.3 Å². The Morgan fingerprint density at radius 1 is 1.29 bits per heavy atom. The lowest BCUT2D eigenvalue weighted by atomic mass is 10.2. The van der Waals surface area contributed by atoms with Crippen molar-refractivity contribution in [1.29, 1.82) is 0 Å². The summed E-state index contributed by atoms with van der Waals surface area (Å²) in [6.45, 7) is 6.17. The van der Waals surface area contributed by atoms with Gasteiger partial charge in [0.15, 0.2) is 0 Å². The lowest BCUT2D eigenvalue weighted by Gasteiger charge is -2.26. The average Bonchev–Trinajstić information content (AvgIpc) is 2.94. The molecule has 0 aliphatic carbocycles. The van der Waals surface area contributed by atoms with Gasteiger partial charge >= 0.3 is 0 Å². The molecule has 0 aromatic carbocycles. The zero-order chi connectivity index (χ0) is 15.1. The van der Waals surface area contributed by atoms with Gasteiger partial charge in [0.1, 0.15) is 4.90 Å². The summed E-state index contributed by atoms with van der Waals surface area (Å²) in [6.07, 6.45) is 7.17. The number of hydrazine groups is 1. The van der Waals surface area contributed by atoms with Crippen molar-refractivity contribution in [2.24, 2.45) is 0 Å². The van der Waals surface area contributed by atoms with Crippen molar-refractivity contribution in [3.8, 4) is 0 Å². The molecule has 120 valence electrons. The van der Waals surface area contributed by atoms with E-state index in [2.05, 4.69) is 22.2 Å². The van der Waals surface area contributed by atoms with E-state index in [1.807, 2.05) is 0 Å². The third kappa shape index (κ3) is 5.06. The van der Waals surface area contributed by atoms with E-state index >= 15 is 0 Å². The fourth-order valence-electron chi connectivity index (χ4n) is 2.36. The van der Waals surface area contributed by atoms with Crippen LogP contribution in [0.5, 0.6) is 0 Å². The highest BCUT2D eigenvalue weighted by Gasteiger charge is 2.21. The molecule has 0 unspecified atom stereocenters. The zero-order valence-electron chi connectivity index (χ0n) is 12.6. The molecular formula is C13H25N5O2S. The minimum Gasteiger partial charge on any atom is -0.317 e. The van der Waals surface area contributed by atoms with E-state index in [9.17, 15) is 8.42 Å². The van der Waals surface area contributed by atoms with Crippen LogP contribution in [-0.2, 0) is 16.6 Å². The summed E-state index contributed by atoms with van der Waals surface area (Å²) in [4.78, 5) is 2.87. The van der Waals surface area contributed by atoms with Crippen LogP contribution in [0.3, 0.4) is 0 Å². The molecule has 1 aliphatic rings. The van der Waals surface area contributed by atoms with E-state index in [1.165, 1.54) is 12.6 Å². The Hall–Kier alpha value is -0.960. The molecule has 2 N–H and O–H groups in total. The van der Waals surface area contributed by atoms with Crippen molar-refractivity contribution in [2.45, 2.75) is 44.0 Å². The molecule has 21 heavy (non-hydrogen) atoms. The van der Waals surface area contributed by atoms with E-state index in [0.717, 1.165) is 45.4 Å². The van der Waals surface area contributed by atoms with E-state index in [1.54, 1.807) is 15.9 Å². The second-order valence-electron chi connectivity index (χ2n) is 5.29. The van der Waals surface area contributed by atoms with Crippen LogP contribution in [0.2, 0.25) is 0 Å². The Kier molecular flexibility index (Phi) is 6.16. The lowest BCUT2D eigenvalue weighted by Crippen LogP contribution is -2.44. The topological polar surface area (TPSA) is 79.3 Å². The van der Waals surface area contributed by atoms with Gasteiger partial charge in [0, 0.05) is 25.8 Å². The molecule has 1 aromatic rings. The maximum absolute atomic E-state index is 12.3. The summed E-state index contributed by atoms with van der Waals surface area (Å²) in [5.74, 6) is 0. The standard InChI is InChI=1S/C13H25N5O2S/c1-2-14-7-6-10-18-12-13(11-15-18)21(19,20)16-17-8-4-3-5-9-17/h11-12,14,16H,2-10H2,1H3. The minimum absolute atomic E-state index is 0.233. The second-order valence-corrected chi connectivity index (χ2v) is 6.95. The highest BCUT2D eigenvalue weighted by atomic mass is 32.2. The van der Waals surface area contributed by atoms with Gasteiger partial charge in [-0.15, -0.1) is 4.83 Å². The van der Waals surface area contributed by atoms with E-state index in [-0.39, 0.29) is 4.90 Å². The normalized spacial score (nSPS) is 17.2. The molecule has 1 aromatic heterocycles. The fourth-order valence-corrected chi connectivity index (χ4v) is 3.43. The maximum Gasteiger partial charge on any atom is 0.256 e. The fraction of sp³-hybridized carbons (Fsp3) is 0.769. The number of nitrogens with one attached hydrogen (secondary N) is 2. The van der Waals surface area contributed by atoms with Crippen LogP contribution in [0.1, 0.15) is 32.6 Å². The van der Waals surface area contributed by atoms with Crippen LogP contribution < -0.4 is 10.1 Å². The van der Waals surface area contributed by atoms with E-state index in [0.29, 0.717) is 6.54 Å². The Labute approximate surface area is 126 Å². The summed E-state index contributed by atoms with van der Waals surface area (Å²) in [5, 5.41) is 9.13. The number of piperidine rings is 1. The average molecular weight is 315 g/mol. The van der Waals surface area contributed by atoms with Crippen molar-refractivity contribution in [3.63, 3.8) is 0 Å². The highest BCUT2D eigenvalue weighted by molar-refractivity contribution is 7.89. The molecule has 1 saturated heterocycles. The maximum atomic E-state index is 12.3.